The molecule has 0 spiro atoms. The lowest BCUT2D eigenvalue weighted by Crippen LogP contribution is -2.23. The van der Waals surface area contributed by atoms with Crippen LogP contribution in [0.4, 0.5) is 5.82 Å². The number of nitrogens with one attached hydrogen (secondary N) is 2. The van der Waals surface area contributed by atoms with Crippen LogP contribution in [-0.2, 0) is 9.53 Å². The topological polar surface area (TPSA) is 79.9 Å². The summed E-state index contributed by atoms with van der Waals surface area (Å²) in [4.78, 5) is 23.8. The van der Waals surface area contributed by atoms with Crippen LogP contribution in [-0.4, -0.2) is 34.1 Å². The largest absolute Gasteiger partial charge is 0.381 e. The standard InChI is InChI=1S/C17H16N4O2/c22-17(12-3-6-23-10-12)21-16-8-15-13(9-19-16)7-14(20-15)11-1-4-18-5-2-11/h1-2,4-5,7-9,12,20H,3,6,10H2,(H,19,21,22)/t12-/m1/s1. The van der Waals surface area contributed by atoms with Crippen LogP contribution in [0.5, 0.6) is 0 Å². The number of rotatable bonds is 3. The van der Waals surface area contributed by atoms with Crippen LogP contribution in [0.1, 0.15) is 6.42 Å². The van der Waals surface area contributed by atoms with E-state index in [1.165, 1.54) is 0 Å². The van der Waals surface area contributed by atoms with Crippen molar-refractivity contribution in [3.63, 3.8) is 0 Å². The number of aromatic nitrogens is 3. The number of carbonyl (C=O) groups excluding carboxylic acids is 1. The van der Waals surface area contributed by atoms with Gasteiger partial charge in [-0.3, -0.25) is 9.78 Å². The van der Waals surface area contributed by atoms with E-state index in [0.717, 1.165) is 28.6 Å². The maximum absolute atomic E-state index is 12.1. The van der Waals surface area contributed by atoms with E-state index in [2.05, 4.69) is 20.3 Å². The summed E-state index contributed by atoms with van der Waals surface area (Å²) in [5, 5.41) is 3.86. The van der Waals surface area contributed by atoms with E-state index in [-0.39, 0.29) is 11.8 Å². The second kappa shape index (κ2) is 5.81. The third-order valence-electron chi connectivity index (χ3n) is 4.05. The molecule has 4 heterocycles. The van der Waals surface area contributed by atoms with Gasteiger partial charge in [0.05, 0.1) is 18.0 Å². The van der Waals surface area contributed by atoms with Crippen LogP contribution in [0, 0.1) is 5.92 Å². The molecule has 3 aromatic heterocycles. The summed E-state index contributed by atoms with van der Waals surface area (Å²) in [6, 6.07) is 7.78. The first-order valence-corrected chi connectivity index (χ1v) is 7.57. The number of carbonyl (C=O) groups is 1. The summed E-state index contributed by atoms with van der Waals surface area (Å²) < 4.78 is 5.25. The Bertz CT molecular complexity index is 838. The zero-order valence-electron chi connectivity index (χ0n) is 12.5. The van der Waals surface area contributed by atoms with Gasteiger partial charge in [0, 0.05) is 47.9 Å². The molecule has 1 aliphatic heterocycles. The number of pyridine rings is 2. The molecular formula is C17H16N4O2. The van der Waals surface area contributed by atoms with Gasteiger partial charge in [-0.25, -0.2) is 4.98 Å². The highest BCUT2D eigenvalue weighted by Gasteiger charge is 2.23. The SMILES string of the molecule is O=C(Nc1cc2[nH]c(-c3ccncc3)cc2cn1)[C@@H]1CCOC1. The molecule has 0 saturated carbocycles. The zero-order valence-corrected chi connectivity index (χ0v) is 12.5. The Kier molecular flexibility index (Phi) is 3.51. The van der Waals surface area contributed by atoms with Crippen molar-refractivity contribution >= 4 is 22.6 Å². The van der Waals surface area contributed by atoms with Gasteiger partial charge in [-0.2, -0.15) is 0 Å². The van der Waals surface area contributed by atoms with Crippen LogP contribution in [0.25, 0.3) is 22.2 Å². The van der Waals surface area contributed by atoms with Crippen molar-refractivity contribution in [3.05, 3.63) is 42.9 Å². The molecule has 6 heteroatoms. The van der Waals surface area contributed by atoms with E-state index in [1.807, 2.05) is 24.3 Å². The van der Waals surface area contributed by atoms with Crippen molar-refractivity contribution in [3.8, 4) is 11.3 Å². The maximum Gasteiger partial charge on any atom is 0.231 e. The lowest BCUT2D eigenvalue weighted by molar-refractivity contribution is -0.119. The van der Waals surface area contributed by atoms with Crippen molar-refractivity contribution < 1.29 is 9.53 Å². The van der Waals surface area contributed by atoms with Gasteiger partial charge in [0.25, 0.3) is 0 Å². The number of hydrogen-bond donors (Lipinski definition) is 2. The molecule has 1 atom stereocenters. The van der Waals surface area contributed by atoms with E-state index in [1.54, 1.807) is 18.6 Å². The molecule has 1 amide bonds. The second-order valence-corrected chi connectivity index (χ2v) is 5.63. The van der Waals surface area contributed by atoms with Crippen LogP contribution < -0.4 is 5.32 Å². The monoisotopic (exact) mass is 308 g/mol. The molecule has 4 rings (SSSR count). The third kappa shape index (κ3) is 2.80. The van der Waals surface area contributed by atoms with E-state index in [4.69, 9.17) is 4.74 Å². The minimum atomic E-state index is -0.0801. The number of H-pyrrole nitrogens is 1. The molecule has 116 valence electrons. The Morgan fingerprint density at radius 2 is 2.17 bits per heavy atom. The van der Waals surface area contributed by atoms with Gasteiger partial charge < -0.3 is 15.0 Å². The van der Waals surface area contributed by atoms with E-state index in [0.29, 0.717) is 19.0 Å². The Labute approximate surface area is 132 Å². The average Bonchev–Trinajstić information content (AvgIpc) is 3.25. The molecule has 0 aromatic carbocycles. The number of hydrogen-bond acceptors (Lipinski definition) is 4. The Morgan fingerprint density at radius 3 is 2.96 bits per heavy atom. The van der Waals surface area contributed by atoms with Crippen LogP contribution in [0.3, 0.4) is 0 Å². The minimum Gasteiger partial charge on any atom is -0.381 e. The highest BCUT2D eigenvalue weighted by molar-refractivity contribution is 5.94. The summed E-state index contributed by atoms with van der Waals surface area (Å²) in [5.41, 5.74) is 2.99. The highest BCUT2D eigenvalue weighted by Crippen LogP contribution is 2.25. The molecule has 0 bridgehead atoms. The molecule has 1 saturated heterocycles. The zero-order chi connectivity index (χ0) is 15.6. The molecule has 1 aliphatic rings. The van der Waals surface area contributed by atoms with Gasteiger partial charge in [-0.1, -0.05) is 0 Å². The number of nitrogens with zero attached hydrogens (tertiary/aromatic N) is 2. The van der Waals surface area contributed by atoms with Crippen molar-refractivity contribution in [1.82, 2.24) is 15.0 Å². The van der Waals surface area contributed by atoms with E-state index < -0.39 is 0 Å². The quantitative estimate of drug-likeness (QED) is 0.779. The first-order chi connectivity index (χ1) is 11.3. The van der Waals surface area contributed by atoms with Crippen LogP contribution in [0.2, 0.25) is 0 Å². The lowest BCUT2D eigenvalue weighted by Gasteiger charge is -2.08. The fraction of sp³-hybridized carbons (Fsp3) is 0.235. The molecule has 2 N–H and O–H groups in total. The van der Waals surface area contributed by atoms with Crippen molar-refractivity contribution in [2.45, 2.75) is 6.42 Å². The first-order valence-electron chi connectivity index (χ1n) is 7.57. The minimum absolute atomic E-state index is 0.0322. The second-order valence-electron chi connectivity index (χ2n) is 5.63. The Hall–Kier alpha value is -2.73. The number of anilines is 1. The molecule has 0 unspecified atom stereocenters. The summed E-state index contributed by atoms with van der Waals surface area (Å²) in [6.45, 7) is 1.14. The Morgan fingerprint density at radius 1 is 1.30 bits per heavy atom. The van der Waals surface area contributed by atoms with Crippen LogP contribution in [0.15, 0.2) is 42.9 Å². The first kappa shape index (κ1) is 13.9. The van der Waals surface area contributed by atoms with E-state index >= 15 is 0 Å². The fourth-order valence-corrected chi connectivity index (χ4v) is 2.75. The fourth-order valence-electron chi connectivity index (χ4n) is 2.75. The summed E-state index contributed by atoms with van der Waals surface area (Å²) in [6.07, 6.45) is 6.04. The molecule has 0 radical (unpaired) electrons. The molecule has 1 fully saturated rings. The number of aromatic amines is 1. The molecule has 3 aromatic rings. The van der Waals surface area contributed by atoms with Gasteiger partial charge in [0.1, 0.15) is 5.82 Å². The van der Waals surface area contributed by atoms with Crippen LogP contribution >= 0.6 is 0 Å². The predicted molar refractivity (Wildman–Crippen MR) is 86.9 cm³/mol. The summed E-state index contributed by atoms with van der Waals surface area (Å²) >= 11 is 0. The number of amides is 1. The van der Waals surface area contributed by atoms with E-state index in [9.17, 15) is 4.79 Å². The third-order valence-corrected chi connectivity index (χ3v) is 4.05. The van der Waals surface area contributed by atoms with Gasteiger partial charge in [-0.05, 0) is 24.6 Å². The van der Waals surface area contributed by atoms with Gasteiger partial charge >= 0.3 is 0 Å². The molecule has 23 heavy (non-hydrogen) atoms. The molecule has 0 aliphatic carbocycles. The highest BCUT2D eigenvalue weighted by atomic mass is 16.5. The van der Waals surface area contributed by atoms with Crippen molar-refractivity contribution in [1.29, 1.82) is 0 Å². The molecule has 6 nitrogen and oxygen atoms in total. The average molecular weight is 308 g/mol. The predicted octanol–water partition coefficient (Wildman–Crippen LogP) is 2.60. The van der Waals surface area contributed by atoms with Crippen molar-refractivity contribution in [2.24, 2.45) is 5.92 Å². The van der Waals surface area contributed by atoms with Gasteiger partial charge in [0.15, 0.2) is 0 Å². The normalized spacial score (nSPS) is 17.5. The van der Waals surface area contributed by atoms with Gasteiger partial charge in [-0.15, -0.1) is 0 Å². The number of ether oxygens (including phenoxy) is 1. The van der Waals surface area contributed by atoms with Crippen molar-refractivity contribution in [2.75, 3.05) is 18.5 Å². The van der Waals surface area contributed by atoms with Gasteiger partial charge in [0.2, 0.25) is 5.91 Å². The summed E-state index contributed by atoms with van der Waals surface area (Å²) in [5.74, 6) is 0.441. The lowest BCUT2D eigenvalue weighted by atomic mass is 10.1. The smallest absolute Gasteiger partial charge is 0.231 e. The molecular weight excluding hydrogens is 292 g/mol. The number of fused-ring (bicyclic) bond motifs is 1. The summed E-state index contributed by atoms with van der Waals surface area (Å²) in [7, 11) is 0. The Balaban J connectivity index is 1.59. The maximum atomic E-state index is 12.1.